The zero-order chi connectivity index (χ0) is 11.9. The molecule has 0 spiro atoms. The lowest BCUT2D eigenvalue weighted by molar-refractivity contribution is 0.200. The molecule has 88 valence electrons. The number of aryl methyl sites for hydroxylation is 1. The first-order valence-electron chi connectivity index (χ1n) is 5.57. The molecule has 0 aliphatic carbocycles. The van der Waals surface area contributed by atoms with Crippen LogP contribution in [0.3, 0.4) is 0 Å². The molecule has 0 amide bonds. The fourth-order valence-electron chi connectivity index (χ4n) is 1.91. The normalized spacial score (nSPS) is 18.1. The van der Waals surface area contributed by atoms with E-state index < -0.39 is 0 Å². The lowest BCUT2D eigenvalue weighted by Crippen LogP contribution is -2.27. The van der Waals surface area contributed by atoms with Gasteiger partial charge < -0.3 is 10.1 Å². The Labute approximate surface area is 102 Å². The third-order valence-corrected chi connectivity index (χ3v) is 3.59. The summed E-state index contributed by atoms with van der Waals surface area (Å²) in [4.78, 5) is 0. The highest BCUT2D eigenvalue weighted by atomic mass is 35.5. The summed E-state index contributed by atoms with van der Waals surface area (Å²) in [6.45, 7) is 10.1. The van der Waals surface area contributed by atoms with Crippen molar-refractivity contribution >= 4 is 17.3 Å². The van der Waals surface area contributed by atoms with Gasteiger partial charge in [0.2, 0.25) is 0 Å². The second-order valence-corrected chi connectivity index (χ2v) is 5.69. The van der Waals surface area contributed by atoms with Crippen LogP contribution in [0.4, 0.5) is 5.69 Å². The van der Waals surface area contributed by atoms with E-state index in [9.17, 15) is 0 Å². The standard InChI is InChI=1S/C13H18ClNO/c1-8-5-10-12(9(2)11(8)14)15-6-13(3,4)7-16-10/h5,15H,6-7H2,1-4H3. The van der Waals surface area contributed by atoms with Gasteiger partial charge in [0.1, 0.15) is 5.75 Å². The Morgan fingerprint density at radius 1 is 1.38 bits per heavy atom. The van der Waals surface area contributed by atoms with E-state index in [2.05, 4.69) is 19.2 Å². The first-order valence-corrected chi connectivity index (χ1v) is 5.95. The minimum atomic E-state index is 0.145. The highest BCUT2D eigenvalue weighted by molar-refractivity contribution is 6.32. The van der Waals surface area contributed by atoms with Crippen LogP contribution in [-0.4, -0.2) is 13.2 Å². The van der Waals surface area contributed by atoms with Crippen LogP contribution in [0, 0.1) is 19.3 Å². The lowest BCUT2D eigenvalue weighted by Gasteiger charge is -2.20. The smallest absolute Gasteiger partial charge is 0.143 e. The number of ether oxygens (including phenoxy) is 1. The number of hydrogen-bond acceptors (Lipinski definition) is 2. The Hall–Kier alpha value is -0.890. The van der Waals surface area contributed by atoms with E-state index in [-0.39, 0.29) is 5.41 Å². The van der Waals surface area contributed by atoms with Crippen molar-refractivity contribution in [3.8, 4) is 5.75 Å². The van der Waals surface area contributed by atoms with Gasteiger partial charge in [0, 0.05) is 17.0 Å². The number of anilines is 1. The van der Waals surface area contributed by atoms with Crippen LogP contribution in [0.5, 0.6) is 5.75 Å². The van der Waals surface area contributed by atoms with Gasteiger partial charge in [-0.3, -0.25) is 0 Å². The Balaban J connectivity index is 2.46. The van der Waals surface area contributed by atoms with E-state index in [1.54, 1.807) is 0 Å². The summed E-state index contributed by atoms with van der Waals surface area (Å²) < 4.78 is 5.86. The average molecular weight is 240 g/mol. The molecule has 2 rings (SSSR count). The molecule has 1 N–H and O–H groups in total. The molecule has 1 aromatic carbocycles. The van der Waals surface area contributed by atoms with Crippen molar-refractivity contribution in [1.82, 2.24) is 0 Å². The molecule has 2 nitrogen and oxygen atoms in total. The average Bonchev–Trinajstić information content (AvgIpc) is 2.35. The quantitative estimate of drug-likeness (QED) is 0.744. The van der Waals surface area contributed by atoms with Crippen molar-refractivity contribution in [3.63, 3.8) is 0 Å². The summed E-state index contributed by atoms with van der Waals surface area (Å²) in [5.41, 5.74) is 3.33. The molecule has 0 unspecified atom stereocenters. The maximum Gasteiger partial charge on any atom is 0.143 e. The van der Waals surface area contributed by atoms with Gasteiger partial charge in [-0.15, -0.1) is 0 Å². The summed E-state index contributed by atoms with van der Waals surface area (Å²) in [5, 5.41) is 4.27. The molecule has 1 aliphatic heterocycles. The van der Waals surface area contributed by atoms with E-state index in [1.165, 1.54) is 0 Å². The molecular weight excluding hydrogens is 222 g/mol. The molecule has 0 saturated heterocycles. The van der Waals surface area contributed by atoms with Crippen molar-refractivity contribution in [2.75, 3.05) is 18.5 Å². The predicted octanol–water partition coefficient (Wildman–Crippen LogP) is 3.79. The molecule has 1 aromatic rings. The Kier molecular flexibility index (Phi) is 2.79. The van der Waals surface area contributed by atoms with Crippen LogP contribution in [0.2, 0.25) is 5.02 Å². The number of benzene rings is 1. The number of nitrogens with one attached hydrogen (secondary N) is 1. The van der Waals surface area contributed by atoms with Gasteiger partial charge in [0.05, 0.1) is 12.3 Å². The molecule has 1 aliphatic rings. The number of hydrogen-bond donors (Lipinski definition) is 1. The lowest BCUT2D eigenvalue weighted by atomic mass is 9.95. The molecule has 0 aromatic heterocycles. The SMILES string of the molecule is Cc1cc2c(c(C)c1Cl)NCC(C)(C)CO2. The Morgan fingerprint density at radius 3 is 2.75 bits per heavy atom. The fourth-order valence-corrected chi connectivity index (χ4v) is 2.06. The van der Waals surface area contributed by atoms with E-state index in [0.717, 1.165) is 40.7 Å². The third-order valence-electron chi connectivity index (χ3n) is 3.01. The largest absolute Gasteiger partial charge is 0.491 e. The van der Waals surface area contributed by atoms with Gasteiger partial charge in [-0.25, -0.2) is 0 Å². The summed E-state index contributed by atoms with van der Waals surface area (Å²) >= 11 is 6.24. The molecular formula is C13H18ClNO. The highest BCUT2D eigenvalue weighted by Crippen LogP contribution is 2.39. The van der Waals surface area contributed by atoms with Crippen LogP contribution in [0.15, 0.2) is 6.07 Å². The molecule has 1 heterocycles. The van der Waals surface area contributed by atoms with Crippen LogP contribution >= 0.6 is 11.6 Å². The Bertz CT molecular complexity index is 426. The van der Waals surface area contributed by atoms with E-state index >= 15 is 0 Å². The van der Waals surface area contributed by atoms with Crippen molar-refractivity contribution in [1.29, 1.82) is 0 Å². The molecule has 0 radical (unpaired) electrons. The predicted molar refractivity (Wildman–Crippen MR) is 68.7 cm³/mol. The van der Waals surface area contributed by atoms with Crippen molar-refractivity contribution in [3.05, 3.63) is 22.2 Å². The van der Waals surface area contributed by atoms with Crippen LogP contribution in [0.1, 0.15) is 25.0 Å². The van der Waals surface area contributed by atoms with Gasteiger partial charge >= 0.3 is 0 Å². The van der Waals surface area contributed by atoms with Crippen LogP contribution in [-0.2, 0) is 0 Å². The van der Waals surface area contributed by atoms with Gasteiger partial charge in [0.25, 0.3) is 0 Å². The molecule has 16 heavy (non-hydrogen) atoms. The van der Waals surface area contributed by atoms with Crippen LogP contribution in [0.25, 0.3) is 0 Å². The number of rotatable bonds is 0. The maximum atomic E-state index is 6.24. The van der Waals surface area contributed by atoms with Gasteiger partial charge in [-0.2, -0.15) is 0 Å². The minimum absolute atomic E-state index is 0.145. The molecule has 0 fully saturated rings. The van der Waals surface area contributed by atoms with Gasteiger partial charge in [-0.1, -0.05) is 25.4 Å². The second kappa shape index (κ2) is 3.85. The zero-order valence-corrected chi connectivity index (χ0v) is 11.0. The first kappa shape index (κ1) is 11.6. The number of halogens is 1. The van der Waals surface area contributed by atoms with Gasteiger partial charge in [0.15, 0.2) is 0 Å². The summed E-state index contributed by atoms with van der Waals surface area (Å²) in [6, 6.07) is 2.01. The summed E-state index contributed by atoms with van der Waals surface area (Å²) in [6.07, 6.45) is 0. The monoisotopic (exact) mass is 239 g/mol. The van der Waals surface area contributed by atoms with Crippen LogP contribution < -0.4 is 10.1 Å². The van der Waals surface area contributed by atoms with E-state index in [0.29, 0.717) is 0 Å². The molecule has 0 bridgehead atoms. The topological polar surface area (TPSA) is 21.3 Å². The minimum Gasteiger partial charge on any atom is -0.491 e. The maximum absolute atomic E-state index is 6.24. The number of fused-ring (bicyclic) bond motifs is 1. The van der Waals surface area contributed by atoms with Crippen molar-refractivity contribution in [2.45, 2.75) is 27.7 Å². The molecule has 0 atom stereocenters. The Morgan fingerprint density at radius 2 is 2.06 bits per heavy atom. The summed E-state index contributed by atoms with van der Waals surface area (Å²) in [5.74, 6) is 0.921. The fraction of sp³-hybridized carbons (Fsp3) is 0.538. The second-order valence-electron chi connectivity index (χ2n) is 5.31. The van der Waals surface area contributed by atoms with E-state index in [1.807, 2.05) is 19.9 Å². The van der Waals surface area contributed by atoms with Crippen molar-refractivity contribution < 1.29 is 4.74 Å². The van der Waals surface area contributed by atoms with E-state index in [4.69, 9.17) is 16.3 Å². The molecule has 3 heteroatoms. The van der Waals surface area contributed by atoms with Crippen molar-refractivity contribution in [2.24, 2.45) is 5.41 Å². The molecule has 0 saturated carbocycles. The highest BCUT2D eigenvalue weighted by Gasteiger charge is 2.25. The summed E-state index contributed by atoms with van der Waals surface area (Å²) in [7, 11) is 0. The zero-order valence-electron chi connectivity index (χ0n) is 10.3. The first-order chi connectivity index (χ1) is 7.41. The third kappa shape index (κ3) is 1.99. The van der Waals surface area contributed by atoms with Gasteiger partial charge in [-0.05, 0) is 31.0 Å².